The molecule has 8 aromatic rings. The predicted octanol–water partition coefficient (Wildman–Crippen LogP) is 14.8. The van der Waals surface area contributed by atoms with E-state index >= 15 is 0 Å². The van der Waals surface area contributed by atoms with E-state index < -0.39 is 0 Å². The van der Waals surface area contributed by atoms with Crippen LogP contribution in [0.5, 0.6) is 0 Å². The summed E-state index contributed by atoms with van der Waals surface area (Å²) >= 11 is 0. The van der Waals surface area contributed by atoms with E-state index in [1.807, 2.05) is 0 Å². The maximum absolute atomic E-state index is 2.40. The van der Waals surface area contributed by atoms with Gasteiger partial charge >= 0.3 is 0 Å². The van der Waals surface area contributed by atoms with Gasteiger partial charge in [0.2, 0.25) is 0 Å². The molecule has 0 heterocycles. The molecule has 0 atom stereocenters. The highest BCUT2D eigenvalue weighted by atomic mass is 15.1. The Bertz CT molecular complexity index is 2480. The largest absolute Gasteiger partial charge is 0.310 e. The Kier molecular flexibility index (Phi) is 9.77. The quantitative estimate of drug-likeness (QED) is 0.134. The first-order chi connectivity index (χ1) is 26.1. The summed E-state index contributed by atoms with van der Waals surface area (Å²) in [6.45, 7) is 6.71. The van der Waals surface area contributed by atoms with Crippen molar-refractivity contribution in [2.24, 2.45) is 0 Å². The van der Waals surface area contributed by atoms with Gasteiger partial charge in [0.1, 0.15) is 0 Å². The molecule has 0 saturated heterocycles. The van der Waals surface area contributed by atoms with Gasteiger partial charge in [-0.3, -0.25) is 0 Å². The topological polar surface area (TPSA) is 6.48 Å². The number of benzene rings is 8. The van der Waals surface area contributed by atoms with Crippen molar-refractivity contribution in [3.05, 3.63) is 193 Å². The fourth-order valence-corrected chi connectivity index (χ4v) is 7.62. The zero-order valence-electron chi connectivity index (χ0n) is 31.0. The molecular formula is C51H46N2. The van der Waals surface area contributed by atoms with Crippen molar-refractivity contribution in [3.63, 3.8) is 0 Å². The highest BCUT2D eigenvalue weighted by Gasteiger charge is 2.17. The molecule has 0 aliphatic heterocycles. The Balaban J connectivity index is 1.14. The molecule has 0 aliphatic rings. The molecule has 2 nitrogen and oxygen atoms in total. The van der Waals surface area contributed by atoms with Gasteiger partial charge in [-0.25, -0.2) is 0 Å². The molecule has 0 fully saturated rings. The number of hydrogen-bond acceptors (Lipinski definition) is 2. The SMILES string of the molecule is CCCc1ccc(N(c2ccc(-c3ccc(N(c4ccc5ccccc5c4)c4ccc(CCC)cc4C)cc3)cc2)c2ccc3ccccc3c2)cc1. The molecular weight excluding hydrogens is 641 g/mol. The van der Waals surface area contributed by atoms with Gasteiger partial charge in [-0.2, -0.15) is 0 Å². The lowest BCUT2D eigenvalue weighted by Gasteiger charge is -2.28. The average molecular weight is 687 g/mol. The number of hydrogen-bond donors (Lipinski definition) is 0. The van der Waals surface area contributed by atoms with Crippen molar-refractivity contribution in [3.8, 4) is 11.1 Å². The highest BCUT2D eigenvalue weighted by molar-refractivity contribution is 5.91. The second-order valence-electron chi connectivity index (χ2n) is 14.1. The molecule has 0 spiro atoms. The Morgan fingerprint density at radius 1 is 0.358 bits per heavy atom. The first kappa shape index (κ1) is 34.0. The van der Waals surface area contributed by atoms with Crippen molar-refractivity contribution in [2.75, 3.05) is 9.80 Å². The van der Waals surface area contributed by atoms with E-state index in [0.717, 1.165) is 54.1 Å². The van der Waals surface area contributed by atoms with Gasteiger partial charge in [0.25, 0.3) is 0 Å². The molecule has 0 bridgehead atoms. The molecule has 2 heteroatoms. The van der Waals surface area contributed by atoms with E-state index in [1.165, 1.54) is 55.0 Å². The molecule has 0 aromatic heterocycles. The summed E-state index contributed by atoms with van der Waals surface area (Å²) in [5.41, 5.74) is 13.4. The molecule has 0 aliphatic carbocycles. The smallest absolute Gasteiger partial charge is 0.0490 e. The Hall–Kier alpha value is -6.12. The number of anilines is 6. The molecule has 0 radical (unpaired) electrons. The van der Waals surface area contributed by atoms with Crippen LogP contribution in [0.3, 0.4) is 0 Å². The van der Waals surface area contributed by atoms with E-state index in [-0.39, 0.29) is 0 Å². The van der Waals surface area contributed by atoms with Gasteiger partial charge in [-0.05, 0) is 136 Å². The minimum Gasteiger partial charge on any atom is -0.310 e. The summed E-state index contributed by atoms with van der Waals surface area (Å²) < 4.78 is 0. The van der Waals surface area contributed by atoms with E-state index in [9.17, 15) is 0 Å². The second-order valence-corrected chi connectivity index (χ2v) is 14.1. The van der Waals surface area contributed by atoms with Crippen molar-refractivity contribution >= 4 is 55.7 Å². The van der Waals surface area contributed by atoms with Crippen LogP contribution in [0.15, 0.2) is 176 Å². The normalized spacial score (nSPS) is 11.2. The van der Waals surface area contributed by atoms with Gasteiger partial charge in [0, 0.05) is 34.1 Å². The van der Waals surface area contributed by atoms with Gasteiger partial charge in [-0.1, -0.05) is 136 Å². The third-order valence-corrected chi connectivity index (χ3v) is 10.3. The van der Waals surface area contributed by atoms with E-state index in [1.54, 1.807) is 0 Å². The van der Waals surface area contributed by atoms with Crippen LogP contribution in [0, 0.1) is 6.92 Å². The van der Waals surface area contributed by atoms with Crippen LogP contribution < -0.4 is 9.80 Å². The molecule has 0 unspecified atom stereocenters. The zero-order valence-corrected chi connectivity index (χ0v) is 31.0. The summed E-state index contributed by atoms with van der Waals surface area (Å²) in [5.74, 6) is 0. The van der Waals surface area contributed by atoms with Crippen LogP contribution in [0.25, 0.3) is 32.7 Å². The van der Waals surface area contributed by atoms with Crippen LogP contribution in [-0.4, -0.2) is 0 Å². The van der Waals surface area contributed by atoms with Crippen molar-refractivity contribution in [1.82, 2.24) is 0 Å². The Morgan fingerprint density at radius 2 is 0.774 bits per heavy atom. The Labute approximate surface area is 314 Å². The fraction of sp³-hybridized carbons (Fsp3) is 0.137. The van der Waals surface area contributed by atoms with Crippen molar-refractivity contribution < 1.29 is 0 Å². The lowest BCUT2D eigenvalue weighted by Crippen LogP contribution is -2.11. The van der Waals surface area contributed by atoms with Gasteiger partial charge in [0.15, 0.2) is 0 Å². The third kappa shape index (κ3) is 7.19. The lowest BCUT2D eigenvalue weighted by atomic mass is 10.0. The van der Waals surface area contributed by atoms with E-state index in [0.29, 0.717) is 0 Å². The van der Waals surface area contributed by atoms with Gasteiger partial charge in [0.05, 0.1) is 0 Å². The third-order valence-electron chi connectivity index (χ3n) is 10.3. The highest BCUT2D eigenvalue weighted by Crippen LogP contribution is 2.40. The molecule has 8 rings (SSSR count). The number of aryl methyl sites for hydroxylation is 3. The maximum Gasteiger partial charge on any atom is 0.0490 e. The predicted molar refractivity (Wildman–Crippen MR) is 229 cm³/mol. The zero-order chi connectivity index (χ0) is 36.1. The summed E-state index contributed by atoms with van der Waals surface area (Å²) in [4.78, 5) is 4.77. The molecule has 53 heavy (non-hydrogen) atoms. The molecule has 0 amide bonds. The standard InChI is InChI=1S/C51H46N2/c1-4-10-38-16-25-46(26-17-38)52(49-31-23-40-12-6-8-14-44(40)35-49)47-27-19-42(20-28-47)43-21-29-48(30-22-43)53(51-33-18-39(11-5-2)34-37(51)3)50-32-24-41-13-7-9-15-45(41)36-50/h6-9,12-36H,4-5,10-11H2,1-3H3. The Morgan fingerprint density at radius 3 is 1.28 bits per heavy atom. The first-order valence-electron chi connectivity index (χ1n) is 19.0. The second kappa shape index (κ2) is 15.2. The van der Waals surface area contributed by atoms with Gasteiger partial charge in [-0.15, -0.1) is 0 Å². The monoisotopic (exact) mass is 686 g/mol. The van der Waals surface area contributed by atoms with Crippen LogP contribution in [-0.2, 0) is 12.8 Å². The first-order valence-corrected chi connectivity index (χ1v) is 19.0. The van der Waals surface area contributed by atoms with E-state index in [4.69, 9.17) is 0 Å². The lowest BCUT2D eigenvalue weighted by molar-refractivity contribution is 0.920. The number of nitrogens with zero attached hydrogens (tertiary/aromatic N) is 2. The van der Waals surface area contributed by atoms with E-state index in [2.05, 4.69) is 206 Å². The van der Waals surface area contributed by atoms with Crippen LogP contribution >= 0.6 is 0 Å². The van der Waals surface area contributed by atoms with Crippen LogP contribution in [0.2, 0.25) is 0 Å². The van der Waals surface area contributed by atoms with Crippen LogP contribution in [0.4, 0.5) is 34.1 Å². The summed E-state index contributed by atoms with van der Waals surface area (Å²) in [7, 11) is 0. The van der Waals surface area contributed by atoms with Crippen LogP contribution in [0.1, 0.15) is 43.4 Å². The van der Waals surface area contributed by atoms with Crippen molar-refractivity contribution in [2.45, 2.75) is 46.5 Å². The molecule has 0 saturated carbocycles. The van der Waals surface area contributed by atoms with Gasteiger partial charge < -0.3 is 9.80 Å². The summed E-state index contributed by atoms with van der Waals surface area (Å²) in [6.07, 6.45) is 4.47. The molecule has 0 N–H and O–H groups in total. The molecule has 8 aromatic carbocycles. The minimum atomic E-state index is 1.09. The number of rotatable bonds is 11. The maximum atomic E-state index is 2.40. The average Bonchev–Trinajstić information content (AvgIpc) is 3.20. The summed E-state index contributed by atoms with van der Waals surface area (Å²) in [5, 5.41) is 4.97. The molecule has 260 valence electrons. The minimum absolute atomic E-state index is 1.09. The van der Waals surface area contributed by atoms with Crippen molar-refractivity contribution in [1.29, 1.82) is 0 Å². The number of fused-ring (bicyclic) bond motifs is 2. The fourth-order valence-electron chi connectivity index (χ4n) is 7.62. The summed E-state index contributed by atoms with van der Waals surface area (Å²) in [6, 6.07) is 64.7.